The Kier molecular flexibility index (Phi) is 6.48. The molecule has 1 rings (SSSR count). The molecule has 1 amide bonds. The summed E-state index contributed by atoms with van der Waals surface area (Å²) in [5.41, 5.74) is 0.904. The molecule has 0 heterocycles. The number of Topliss-reactive ketones (excluding diaryl/α,β-unsaturated/α-hetero) is 1. The van der Waals surface area contributed by atoms with Crippen LogP contribution in [0.4, 0.5) is 4.39 Å². The molecule has 0 aliphatic carbocycles. The maximum Gasteiger partial charge on any atom is 0.372 e. The zero-order valence-corrected chi connectivity index (χ0v) is 11.5. The molecule has 0 aromatic heterocycles. The summed E-state index contributed by atoms with van der Waals surface area (Å²) in [6.45, 7) is 0.208. The van der Waals surface area contributed by atoms with Crippen LogP contribution in [0.15, 0.2) is 24.3 Å². The molecule has 7 heteroatoms. The van der Waals surface area contributed by atoms with Crippen molar-refractivity contribution in [1.29, 1.82) is 0 Å². The molecule has 1 N–H and O–H groups in total. The molecule has 1 aromatic rings. The maximum absolute atomic E-state index is 12.7. The quantitative estimate of drug-likeness (QED) is 0.443. The Morgan fingerprint density at radius 2 is 1.86 bits per heavy atom. The van der Waals surface area contributed by atoms with Gasteiger partial charge in [-0.1, -0.05) is 12.1 Å². The van der Waals surface area contributed by atoms with Crippen LogP contribution >= 0.6 is 0 Å². The molecule has 114 valence electrons. The number of nitrogens with zero attached hydrogens (tertiary/aromatic N) is 1. The van der Waals surface area contributed by atoms with Gasteiger partial charge in [0.1, 0.15) is 5.82 Å². The van der Waals surface area contributed by atoms with Crippen molar-refractivity contribution < 1.29 is 28.7 Å². The van der Waals surface area contributed by atoms with Crippen molar-refractivity contribution in [3.05, 3.63) is 35.6 Å². The van der Waals surface area contributed by atoms with E-state index in [1.807, 2.05) is 0 Å². The second-order valence-electron chi connectivity index (χ2n) is 4.31. The summed E-state index contributed by atoms with van der Waals surface area (Å²) in [6.07, 6.45) is 0.395. The predicted octanol–water partition coefficient (Wildman–Crippen LogP) is 1.19. The first-order valence-corrected chi connectivity index (χ1v) is 6.29. The summed E-state index contributed by atoms with van der Waals surface area (Å²) in [7, 11) is 1.26. The predicted molar refractivity (Wildman–Crippen MR) is 70.7 cm³/mol. The number of amides is 1. The van der Waals surface area contributed by atoms with Gasteiger partial charge in [0.2, 0.25) is 5.78 Å². The number of carboxylic acids is 1. The monoisotopic (exact) mass is 297 g/mol. The van der Waals surface area contributed by atoms with E-state index in [-0.39, 0.29) is 12.4 Å². The molecular weight excluding hydrogens is 281 g/mol. The Hall–Kier alpha value is -2.28. The minimum absolute atomic E-state index is 0.208. The van der Waals surface area contributed by atoms with Crippen LogP contribution in [0.2, 0.25) is 0 Å². The summed E-state index contributed by atoms with van der Waals surface area (Å²) in [6, 6.07) is 5.98. The van der Waals surface area contributed by atoms with Crippen molar-refractivity contribution in [2.45, 2.75) is 19.3 Å². The normalized spacial score (nSPS) is 10.2. The fourth-order valence-electron chi connectivity index (χ4n) is 1.70. The van der Waals surface area contributed by atoms with Crippen LogP contribution in [0.5, 0.6) is 0 Å². The smallest absolute Gasteiger partial charge is 0.372 e. The van der Waals surface area contributed by atoms with Crippen molar-refractivity contribution in [2.24, 2.45) is 0 Å². The summed E-state index contributed by atoms with van der Waals surface area (Å²) >= 11 is 0. The molecule has 0 radical (unpaired) electrons. The fraction of sp³-hybridized carbons (Fsp3) is 0.357. The number of halogens is 1. The third-order valence-electron chi connectivity index (χ3n) is 2.79. The molecule has 0 saturated carbocycles. The number of carbonyl (C=O) groups is 3. The van der Waals surface area contributed by atoms with Crippen LogP contribution in [0.1, 0.15) is 18.4 Å². The minimum atomic E-state index is -1.65. The van der Waals surface area contributed by atoms with Gasteiger partial charge in [0.15, 0.2) is 0 Å². The summed E-state index contributed by atoms with van der Waals surface area (Å²) in [4.78, 5) is 37.8. The fourth-order valence-corrected chi connectivity index (χ4v) is 1.70. The summed E-state index contributed by atoms with van der Waals surface area (Å²) < 4.78 is 12.7. The number of carboxylic acid groups (broad SMARTS) is 1. The number of hydrogen-bond donors (Lipinski definition) is 1. The van der Waals surface area contributed by atoms with Gasteiger partial charge in [-0.15, -0.1) is 0 Å². The number of hydroxylamine groups is 2. The molecular formula is C14H16FNO5. The SMILES string of the molecule is CON(CCCc1ccc(F)cc1)C(=O)CC(=O)C(=O)O. The summed E-state index contributed by atoms with van der Waals surface area (Å²) in [5, 5.41) is 9.39. The van der Waals surface area contributed by atoms with E-state index < -0.39 is 24.1 Å². The van der Waals surface area contributed by atoms with Crippen molar-refractivity contribution in [3.8, 4) is 0 Å². The number of rotatable bonds is 8. The van der Waals surface area contributed by atoms with E-state index in [0.29, 0.717) is 12.8 Å². The maximum atomic E-state index is 12.7. The molecule has 0 spiro atoms. The molecule has 21 heavy (non-hydrogen) atoms. The molecule has 0 atom stereocenters. The van der Waals surface area contributed by atoms with E-state index in [2.05, 4.69) is 0 Å². The minimum Gasteiger partial charge on any atom is -0.475 e. The van der Waals surface area contributed by atoms with E-state index in [1.165, 1.54) is 19.2 Å². The van der Waals surface area contributed by atoms with E-state index in [4.69, 9.17) is 9.94 Å². The van der Waals surface area contributed by atoms with Gasteiger partial charge in [-0.2, -0.15) is 0 Å². The first-order chi connectivity index (χ1) is 9.93. The topological polar surface area (TPSA) is 83.9 Å². The zero-order valence-electron chi connectivity index (χ0n) is 11.5. The largest absolute Gasteiger partial charge is 0.475 e. The van der Waals surface area contributed by atoms with E-state index in [0.717, 1.165) is 10.6 Å². The van der Waals surface area contributed by atoms with Gasteiger partial charge >= 0.3 is 5.97 Å². The molecule has 6 nitrogen and oxygen atoms in total. The second-order valence-corrected chi connectivity index (χ2v) is 4.31. The number of carbonyl (C=O) groups excluding carboxylic acids is 2. The Labute approximate surface area is 121 Å². The van der Waals surface area contributed by atoms with Crippen LogP contribution in [-0.2, 0) is 25.6 Å². The Bertz CT molecular complexity index is 515. The highest BCUT2D eigenvalue weighted by Gasteiger charge is 2.21. The highest BCUT2D eigenvalue weighted by atomic mass is 19.1. The van der Waals surface area contributed by atoms with Crippen LogP contribution in [-0.4, -0.2) is 41.5 Å². The average molecular weight is 297 g/mol. The van der Waals surface area contributed by atoms with Gasteiger partial charge in [0, 0.05) is 6.54 Å². The van der Waals surface area contributed by atoms with Gasteiger partial charge < -0.3 is 5.11 Å². The number of aryl methyl sites for hydroxylation is 1. The first-order valence-electron chi connectivity index (χ1n) is 6.29. The third-order valence-corrected chi connectivity index (χ3v) is 2.79. The van der Waals surface area contributed by atoms with Crippen LogP contribution in [0, 0.1) is 5.82 Å². The molecule has 0 bridgehead atoms. The molecule has 0 fully saturated rings. The van der Waals surface area contributed by atoms with Gasteiger partial charge in [0.05, 0.1) is 13.5 Å². The zero-order chi connectivity index (χ0) is 15.8. The summed E-state index contributed by atoms with van der Waals surface area (Å²) in [5.74, 6) is -3.85. The number of ketones is 1. The number of benzene rings is 1. The van der Waals surface area contributed by atoms with Gasteiger partial charge in [-0.25, -0.2) is 14.2 Å². The molecule has 0 aliphatic rings. The highest BCUT2D eigenvalue weighted by molar-refractivity contribution is 6.36. The number of hydrogen-bond acceptors (Lipinski definition) is 4. The van der Waals surface area contributed by atoms with E-state index in [1.54, 1.807) is 12.1 Å². The van der Waals surface area contributed by atoms with Crippen LogP contribution in [0.25, 0.3) is 0 Å². The lowest BCUT2D eigenvalue weighted by Crippen LogP contribution is -2.34. The molecule has 0 saturated heterocycles. The third kappa shape index (κ3) is 5.70. The van der Waals surface area contributed by atoms with Gasteiger partial charge in [0.25, 0.3) is 5.91 Å². The Morgan fingerprint density at radius 1 is 1.24 bits per heavy atom. The molecule has 0 unspecified atom stereocenters. The van der Waals surface area contributed by atoms with Gasteiger partial charge in [-0.05, 0) is 30.5 Å². The second kappa shape index (κ2) is 8.11. The standard InChI is InChI=1S/C14H16FNO5/c1-21-16(13(18)9-12(17)14(19)20)8-2-3-10-4-6-11(15)7-5-10/h4-7H,2-3,8-9H2,1H3,(H,19,20). The van der Waals surface area contributed by atoms with E-state index in [9.17, 15) is 18.8 Å². The number of aliphatic carboxylic acids is 1. The van der Waals surface area contributed by atoms with Gasteiger partial charge in [-0.3, -0.25) is 14.4 Å². The Morgan fingerprint density at radius 3 is 2.38 bits per heavy atom. The molecule has 1 aromatic carbocycles. The van der Waals surface area contributed by atoms with Crippen LogP contribution < -0.4 is 0 Å². The first kappa shape index (κ1) is 16.8. The van der Waals surface area contributed by atoms with E-state index >= 15 is 0 Å². The van der Waals surface area contributed by atoms with Crippen molar-refractivity contribution >= 4 is 17.7 Å². The molecule has 0 aliphatic heterocycles. The van der Waals surface area contributed by atoms with Crippen molar-refractivity contribution in [3.63, 3.8) is 0 Å². The average Bonchev–Trinajstić information content (AvgIpc) is 2.45. The Balaban J connectivity index is 2.43. The van der Waals surface area contributed by atoms with Crippen molar-refractivity contribution in [1.82, 2.24) is 5.06 Å². The van der Waals surface area contributed by atoms with Crippen molar-refractivity contribution in [2.75, 3.05) is 13.7 Å². The lowest BCUT2D eigenvalue weighted by atomic mass is 10.1. The highest BCUT2D eigenvalue weighted by Crippen LogP contribution is 2.07. The lowest BCUT2D eigenvalue weighted by Gasteiger charge is -2.18. The lowest BCUT2D eigenvalue weighted by molar-refractivity contribution is -0.177. The van der Waals surface area contributed by atoms with Crippen LogP contribution in [0.3, 0.4) is 0 Å².